The van der Waals surface area contributed by atoms with Crippen molar-refractivity contribution in [2.24, 2.45) is 0 Å². The van der Waals surface area contributed by atoms with Gasteiger partial charge in [0.2, 0.25) is 5.91 Å². The molecule has 3 rings (SSSR count). The molecule has 0 spiro atoms. The molecule has 0 bridgehead atoms. The number of likely N-dealkylation sites (N-methyl/N-ethyl adjacent to an activating group) is 1. The molecule has 0 unspecified atom stereocenters. The second-order valence-electron chi connectivity index (χ2n) is 6.29. The number of aromatic nitrogens is 2. The van der Waals surface area contributed by atoms with Crippen LogP contribution in [0.1, 0.15) is 27.0 Å². The van der Waals surface area contributed by atoms with Gasteiger partial charge in [-0.15, -0.1) is 0 Å². The lowest BCUT2D eigenvalue weighted by Gasteiger charge is -2.29. The van der Waals surface area contributed by atoms with E-state index in [4.69, 9.17) is 4.74 Å². The number of pyridine rings is 1. The van der Waals surface area contributed by atoms with Crippen LogP contribution >= 0.6 is 0 Å². The molecule has 7 heteroatoms. The summed E-state index contributed by atoms with van der Waals surface area (Å²) in [5.74, 6) is -0.0498. The number of hydrogen-bond donors (Lipinski definition) is 1. The van der Waals surface area contributed by atoms with Gasteiger partial charge in [0, 0.05) is 52.0 Å². The summed E-state index contributed by atoms with van der Waals surface area (Å²) < 4.78 is 5.53. The molecule has 2 aromatic heterocycles. The van der Waals surface area contributed by atoms with E-state index < -0.39 is 0 Å². The van der Waals surface area contributed by atoms with Crippen LogP contribution in [0.5, 0.6) is 0 Å². The second kappa shape index (κ2) is 7.48. The molecule has 1 aliphatic heterocycles. The first kappa shape index (κ1) is 17.2. The zero-order chi connectivity index (χ0) is 17.8. The lowest BCUT2D eigenvalue weighted by molar-refractivity contribution is -0.133. The van der Waals surface area contributed by atoms with Gasteiger partial charge in [-0.2, -0.15) is 0 Å². The third kappa shape index (κ3) is 3.88. The summed E-state index contributed by atoms with van der Waals surface area (Å²) in [6.07, 6.45) is 7.80. The number of ether oxygens (including phenoxy) is 1. The van der Waals surface area contributed by atoms with Gasteiger partial charge in [-0.25, -0.2) is 0 Å². The molecule has 25 heavy (non-hydrogen) atoms. The number of hydrogen-bond acceptors (Lipinski definition) is 4. The van der Waals surface area contributed by atoms with Crippen molar-refractivity contribution in [3.05, 3.63) is 53.1 Å². The van der Waals surface area contributed by atoms with E-state index in [2.05, 4.69) is 9.97 Å². The number of amides is 2. The quantitative estimate of drug-likeness (QED) is 0.886. The number of carbonyl (C=O) groups excluding carboxylic acids is 2. The van der Waals surface area contributed by atoms with Crippen molar-refractivity contribution in [3.63, 3.8) is 0 Å². The monoisotopic (exact) mass is 342 g/mol. The second-order valence-corrected chi connectivity index (χ2v) is 6.29. The molecule has 0 saturated heterocycles. The SMILES string of the molecule is CN(C)C(=O)COCc1cncc2c1CCN(C(=O)c1cc[nH]c1)C2. The molecule has 2 aromatic rings. The Morgan fingerprint density at radius 2 is 2.20 bits per heavy atom. The Kier molecular flexibility index (Phi) is 5.14. The predicted molar refractivity (Wildman–Crippen MR) is 91.8 cm³/mol. The third-order valence-corrected chi connectivity index (χ3v) is 4.34. The van der Waals surface area contributed by atoms with E-state index in [0.29, 0.717) is 25.3 Å². The topological polar surface area (TPSA) is 78.5 Å². The standard InChI is InChI=1S/C18H22N4O3/c1-21(2)17(23)12-25-11-15-9-20-8-14-10-22(6-4-16(14)15)18(24)13-3-5-19-7-13/h3,5,7-9,19H,4,6,10-12H2,1-2H3. The maximum absolute atomic E-state index is 12.5. The van der Waals surface area contributed by atoms with Gasteiger partial charge in [-0.05, 0) is 29.2 Å². The van der Waals surface area contributed by atoms with Gasteiger partial charge in [0.25, 0.3) is 5.91 Å². The van der Waals surface area contributed by atoms with Crippen LogP contribution in [0.2, 0.25) is 0 Å². The molecule has 1 N–H and O–H groups in total. The summed E-state index contributed by atoms with van der Waals surface area (Å²) in [6, 6.07) is 1.78. The minimum Gasteiger partial charge on any atom is -0.367 e. The van der Waals surface area contributed by atoms with E-state index in [1.54, 1.807) is 44.9 Å². The van der Waals surface area contributed by atoms with Gasteiger partial charge in [0.15, 0.2) is 0 Å². The zero-order valence-corrected chi connectivity index (χ0v) is 14.5. The summed E-state index contributed by atoms with van der Waals surface area (Å²) in [5.41, 5.74) is 3.86. The fourth-order valence-corrected chi connectivity index (χ4v) is 2.88. The molecule has 0 aromatic carbocycles. The average Bonchev–Trinajstić information content (AvgIpc) is 3.15. The van der Waals surface area contributed by atoms with Crippen LogP contribution in [0, 0.1) is 0 Å². The van der Waals surface area contributed by atoms with E-state index >= 15 is 0 Å². The number of H-pyrrole nitrogens is 1. The van der Waals surface area contributed by atoms with Crippen molar-refractivity contribution in [1.82, 2.24) is 19.8 Å². The van der Waals surface area contributed by atoms with Gasteiger partial charge < -0.3 is 19.5 Å². The molecule has 2 amide bonds. The molecular formula is C18H22N4O3. The lowest BCUT2D eigenvalue weighted by Crippen LogP contribution is -2.36. The van der Waals surface area contributed by atoms with Gasteiger partial charge in [0.05, 0.1) is 12.2 Å². The van der Waals surface area contributed by atoms with Crippen molar-refractivity contribution >= 4 is 11.8 Å². The first-order valence-corrected chi connectivity index (χ1v) is 8.21. The highest BCUT2D eigenvalue weighted by Gasteiger charge is 2.24. The minimum atomic E-state index is -0.0685. The summed E-state index contributed by atoms with van der Waals surface area (Å²) in [4.78, 5) is 34.6. The van der Waals surface area contributed by atoms with E-state index in [1.165, 1.54) is 10.5 Å². The molecule has 0 fully saturated rings. The fraction of sp³-hybridized carbons (Fsp3) is 0.389. The molecule has 0 radical (unpaired) electrons. The van der Waals surface area contributed by atoms with Crippen LogP contribution in [-0.2, 0) is 29.1 Å². The normalized spacial score (nSPS) is 13.4. The van der Waals surface area contributed by atoms with Gasteiger partial charge in [0.1, 0.15) is 6.61 Å². The first-order chi connectivity index (χ1) is 12.1. The largest absolute Gasteiger partial charge is 0.367 e. The Hall–Kier alpha value is -2.67. The Morgan fingerprint density at radius 3 is 2.92 bits per heavy atom. The summed E-state index contributed by atoms with van der Waals surface area (Å²) in [5, 5.41) is 0. The van der Waals surface area contributed by atoms with E-state index in [-0.39, 0.29) is 18.4 Å². The maximum atomic E-state index is 12.5. The molecule has 7 nitrogen and oxygen atoms in total. The highest BCUT2D eigenvalue weighted by Crippen LogP contribution is 2.23. The van der Waals surface area contributed by atoms with Crippen molar-refractivity contribution in [1.29, 1.82) is 0 Å². The molecular weight excluding hydrogens is 320 g/mol. The molecule has 1 aliphatic rings. The van der Waals surface area contributed by atoms with Crippen LogP contribution in [0.15, 0.2) is 30.9 Å². The minimum absolute atomic E-state index is 0.0186. The number of nitrogens with zero attached hydrogens (tertiary/aromatic N) is 3. The van der Waals surface area contributed by atoms with Crippen LogP contribution in [0.3, 0.4) is 0 Å². The first-order valence-electron chi connectivity index (χ1n) is 8.21. The van der Waals surface area contributed by atoms with Crippen molar-refractivity contribution < 1.29 is 14.3 Å². The van der Waals surface area contributed by atoms with Gasteiger partial charge in [-0.1, -0.05) is 0 Å². The van der Waals surface area contributed by atoms with Gasteiger partial charge in [-0.3, -0.25) is 14.6 Å². The predicted octanol–water partition coefficient (Wildman–Crippen LogP) is 1.21. The smallest absolute Gasteiger partial charge is 0.255 e. The number of carbonyl (C=O) groups is 2. The van der Waals surface area contributed by atoms with Crippen molar-refractivity contribution in [2.75, 3.05) is 27.2 Å². The number of fused-ring (bicyclic) bond motifs is 1. The molecule has 132 valence electrons. The number of aromatic amines is 1. The molecule has 0 aliphatic carbocycles. The summed E-state index contributed by atoms with van der Waals surface area (Å²) in [6.45, 7) is 1.59. The van der Waals surface area contributed by atoms with Crippen LogP contribution in [0.4, 0.5) is 0 Å². The fourth-order valence-electron chi connectivity index (χ4n) is 2.88. The van der Waals surface area contributed by atoms with E-state index in [1.807, 2.05) is 4.90 Å². The Balaban J connectivity index is 1.66. The highest BCUT2D eigenvalue weighted by molar-refractivity contribution is 5.94. The van der Waals surface area contributed by atoms with Crippen molar-refractivity contribution in [3.8, 4) is 0 Å². The molecule has 0 atom stereocenters. The summed E-state index contributed by atoms with van der Waals surface area (Å²) in [7, 11) is 3.40. The van der Waals surface area contributed by atoms with E-state index in [0.717, 1.165) is 17.5 Å². The third-order valence-electron chi connectivity index (χ3n) is 4.34. The van der Waals surface area contributed by atoms with Crippen LogP contribution in [-0.4, -0.2) is 58.8 Å². The number of nitrogens with one attached hydrogen (secondary N) is 1. The number of rotatable bonds is 5. The Labute approximate surface area is 146 Å². The molecule has 0 saturated carbocycles. The molecule has 3 heterocycles. The summed E-state index contributed by atoms with van der Waals surface area (Å²) >= 11 is 0. The maximum Gasteiger partial charge on any atom is 0.255 e. The van der Waals surface area contributed by atoms with Crippen molar-refractivity contribution in [2.45, 2.75) is 19.6 Å². The zero-order valence-electron chi connectivity index (χ0n) is 14.5. The Bertz CT molecular complexity index is 756. The lowest BCUT2D eigenvalue weighted by atomic mass is 9.97. The van der Waals surface area contributed by atoms with Gasteiger partial charge >= 0.3 is 0 Å². The average molecular weight is 342 g/mol. The Morgan fingerprint density at radius 1 is 1.36 bits per heavy atom. The van der Waals surface area contributed by atoms with Crippen LogP contribution in [0.25, 0.3) is 0 Å². The highest BCUT2D eigenvalue weighted by atomic mass is 16.5. The van der Waals surface area contributed by atoms with Crippen LogP contribution < -0.4 is 0 Å². The van der Waals surface area contributed by atoms with E-state index in [9.17, 15) is 9.59 Å².